The van der Waals surface area contributed by atoms with Gasteiger partial charge in [-0.05, 0) is 211 Å². The minimum absolute atomic E-state index is 0.283. The van der Waals surface area contributed by atoms with E-state index < -0.39 is 11.2 Å². The van der Waals surface area contributed by atoms with Crippen LogP contribution in [0, 0.1) is 0 Å². The minimum Gasteiger partial charge on any atom is -0.494 e. The molecule has 0 bridgehead atoms. The van der Waals surface area contributed by atoms with E-state index in [0.29, 0.717) is 50.8 Å². The molecular formula is C126H169BrO11S8. The number of carbonyl (C=O) groups excluding carboxylic acids is 2. The number of aliphatic hydroxyl groups is 2. The number of halogens is 1. The van der Waals surface area contributed by atoms with E-state index in [-0.39, 0.29) is 11.9 Å². The SMILES string of the molecule is CCCCCCCCCCCCOc1ccc(Br)cc1.CCCCCCCCCCCCOc1ccc(C(O)(c2ccc(OCCCCCCCCCCCC)cc2)c2ccsc2-c2cc3sc(-c4sccc4C(O)(c4ccc(OCCCCCCCCCCCC)cc4)c4ccc(OCCCCCCCCCCCC)cc4)cc3s2)cc1.CCOC(=O)c1ccsc1-c1cc2sc(-c3sccc3C(=O)OCC)cc2s1. The van der Waals surface area contributed by atoms with E-state index in [1.807, 2.05) is 158 Å². The van der Waals surface area contributed by atoms with Crippen LogP contribution in [-0.2, 0) is 20.7 Å². The van der Waals surface area contributed by atoms with Gasteiger partial charge in [-0.1, -0.05) is 388 Å². The zero-order valence-corrected chi connectivity index (χ0v) is 97.1. The highest BCUT2D eigenvalue weighted by molar-refractivity contribution is 9.10. The van der Waals surface area contributed by atoms with Crippen LogP contribution in [-0.4, -0.2) is 68.4 Å². The van der Waals surface area contributed by atoms with E-state index in [0.717, 1.165) is 147 Å². The molecule has 0 spiro atoms. The zero-order valence-electron chi connectivity index (χ0n) is 89.0. The summed E-state index contributed by atoms with van der Waals surface area (Å²) in [5.41, 5.74) is 3.17. The van der Waals surface area contributed by atoms with E-state index in [4.69, 9.17) is 33.2 Å². The maximum Gasteiger partial charge on any atom is 0.339 e. The second kappa shape index (κ2) is 69.2. The van der Waals surface area contributed by atoms with Crippen LogP contribution in [0.3, 0.4) is 0 Å². The van der Waals surface area contributed by atoms with Crippen molar-refractivity contribution in [3.05, 3.63) is 240 Å². The Bertz CT molecular complexity index is 5150. The Morgan fingerprint density at radius 1 is 0.247 bits per heavy atom. The molecule has 0 aliphatic heterocycles. The van der Waals surface area contributed by atoms with Crippen molar-refractivity contribution in [3.8, 4) is 67.8 Å². The molecule has 146 heavy (non-hydrogen) atoms. The lowest BCUT2D eigenvalue weighted by Crippen LogP contribution is -2.29. The number of benzene rings is 5. The highest BCUT2D eigenvalue weighted by atomic mass is 79.9. The van der Waals surface area contributed by atoms with Gasteiger partial charge in [-0.2, -0.15) is 0 Å². The molecule has 8 heterocycles. The Kier molecular flexibility index (Phi) is 56.3. The van der Waals surface area contributed by atoms with Gasteiger partial charge in [0.05, 0.1) is 76.9 Å². The molecular weight excluding hydrogens is 2030 g/mol. The van der Waals surface area contributed by atoms with Crippen LogP contribution >= 0.6 is 107 Å². The van der Waals surface area contributed by atoms with Gasteiger partial charge in [-0.3, -0.25) is 0 Å². The molecule has 13 rings (SSSR count). The standard InChI is InChI=1S/C88H124O6S4.C20H16O4S4.C18H29BrO/c1-5-9-13-17-21-25-29-33-37-41-63-91-75-53-45-71(46-54-75)87(89,72-47-55-76(56-48-72)92-64-42-38-34-30-26-22-18-14-10-6-2)79-61-67-95-85(79)83-69-81-82(97-83)70-84(98-81)86-80(62-68-96-86)88(90,73-49-57-77(58-50-73)93-65-43-39-35-31-27-23-19-15-11-7-3)74-51-59-78(60-52-74)94-66-44-40-36-32-28-24-20-16-12-8-4;1-3-23-19(21)11-5-7-25-17(11)15-9-13-14(27-15)10-16(28-13)18-12(6-8-26-18)20(22)24-4-2;1-2-3-4-5-6-7-8-9-10-11-16-20-18-14-12-17(19)13-15-18/h45-62,67-70,89-90H,5-44,63-66H2,1-4H3;5-10H,3-4H2,1-2H3;12-15H,2-11,16H2,1H3. The summed E-state index contributed by atoms with van der Waals surface area (Å²) in [6, 6.07) is 57.4. The molecule has 794 valence electrons. The molecule has 0 aliphatic rings. The summed E-state index contributed by atoms with van der Waals surface area (Å²) in [4.78, 5) is 32.6. The van der Waals surface area contributed by atoms with Crippen molar-refractivity contribution < 1.29 is 53.0 Å². The van der Waals surface area contributed by atoms with Crippen molar-refractivity contribution in [1.29, 1.82) is 0 Å². The molecule has 0 fully saturated rings. The summed E-state index contributed by atoms with van der Waals surface area (Å²) in [6.45, 7) is 19.3. The Hall–Kier alpha value is -7.44. The van der Waals surface area contributed by atoms with E-state index in [9.17, 15) is 19.8 Å². The average molecular weight is 2200 g/mol. The van der Waals surface area contributed by atoms with Gasteiger partial charge in [0.2, 0.25) is 0 Å². The first-order chi connectivity index (χ1) is 71.7. The van der Waals surface area contributed by atoms with Gasteiger partial charge in [0, 0.05) is 53.9 Å². The number of ether oxygens (including phenoxy) is 7. The van der Waals surface area contributed by atoms with Crippen LogP contribution in [0.4, 0.5) is 0 Å². The zero-order chi connectivity index (χ0) is 103. The number of rotatable bonds is 74. The molecule has 0 aliphatic carbocycles. The number of thiophene rings is 8. The largest absolute Gasteiger partial charge is 0.494 e. The third-order valence-corrected chi connectivity index (χ3v) is 37.0. The van der Waals surface area contributed by atoms with Gasteiger partial charge in [-0.25, -0.2) is 9.59 Å². The predicted octanol–water partition coefficient (Wildman–Crippen LogP) is 41.7. The Balaban J connectivity index is 0.000000339. The van der Waals surface area contributed by atoms with Crippen molar-refractivity contribution in [3.63, 3.8) is 0 Å². The molecule has 0 atom stereocenters. The molecule has 0 radical (unpaired) electrons. The maximum atomic E-state index is 13.6. The quantitative estimate of drug-likeness (QED) is 0.0278. The molecule has 0 saturated carbocycles. The van der Waals surface area contributed by atoms with Gasteiger partial charge >= 0.3 is 11.9 Å². The van der Waals surface area contributed by atoms with Crippen LogP contribution in [0.5, 0.6) is 28.7 Å². The van der Waals surface area contributed by atoms with Gasteiger partial charge in [0.25, 0.3) is 0 Å². The number of esters is 2. The molecule has 11 nitrogen and oxygen atoms in total. The fraction of sp³-hybridized carbons (Fsp3) is 0.524. The van der Waals surface area contributed by atoms with Gasteiger partial charge < -0.3 is 43.4 Å². The second-order valence-corrected chi connectivity index (χ2v) is 48.0. The van der Waals surface area contributed by atoms with Gasteiger partial charge in [0.1, 0.15) is 39.9 Å². The average Bonchev–Trinajstić information content (AvgIpc) is 1.55. The number of carbonyl (C=O) groups is 2. The van der Waals surface area contributed by atoms with E-state index in [2.05, 4.69) is 97.7 Å². The number of hydrogen-bond donors (Lipinski definition) is 2. The topological polar surface area (TPSA) is 139 Å². The first-order valence-electron chi connectivity index (χ1n) is 56.2. The summed E-state index contributed by atoms with van der Waals surface area (Å²) in [6.07, 6.45) is 65.2. The lowest BCUT2D eigenvalue weighted by molar-refractivity contribution is 0.0518. The third-order valence-electron chi connectivity index (χ3n) is 27.5. The smallest absolute Gasteiger partial charge is 0.339 e. The molecule has 5 aromatic carbocycles. The van der Waals surface area contributed by atoms with Crippen LogP contribution in [0.25, 0.3) is 57.8 Å². The monoisotopic (exact) mass is 2190 g/mol. The van der Waals surface area contributed by atoms with E-state index in [1.54, 1.807) is 90.7 Å². The van der Waals surface area contributed by atoms with Crippen molar-refractivity contribution in [1.82, 2.24) is 0 Å². The highest BCUT2D eigenvalue weighted by Gasteiger charge is 2.40. The number of fused-ring (bicyclic) bond motifs is 2. The number of hydrogen-bond acceptors (Lipinski definition) is 19. The van der Waals surface area contributed by atoms with Crippen LogP contribution < -0.4 is 23.7 Å². The Labute approximate surface area is 917 Å². The highest BCUT2D eigenvalue weighted by Crippen LogP contribution is 2.53. The van der Waals surface area contributed by atoms with Crippen LogP contribution in [0.15, 0.2) is 196 Å². The first-order valence-corrected chi connectivity index (χ1v) is 63.8. The second-order valence-electron chi connectivity index (χ2n) is 39.1. The predicted molar refractivity (Wildman–Crippen MR) is 635 cm³/mol. The first kappa shape index (κ1) is 119. The summed E-state index contributed by atoms with van der Waals surface area (Å²) in [5.74, 6) is 3.71. The normalized spacial score (nSPS) is 11.6. The summed E-state index contributed by atoms with van der Waals surface area (Å²) < 4.78 is 47.1. The van der Waals surface area contributed by atoms with E-state index in [1.165, 1.54) is 305 Å². The molecule has 8 aromatic heterocycles. The lowest BCUT2D eigenvalue weighted by atomic mass is 9.80. The summed E-state index contributed by atoms with van der Waals surface area (Å²) >= 11 is 16.7. The van der Waals surface area contributed by atoms with Gasteiger partial charge in [0.15, 0.2) is 0 Å². The molecule has 0 unspecified atom stereocenters. The van der Waals surface area contributed by atoms with Crippen LogP contribution in [0.2, 0.25) is 0 Å². The van der Waals surface area contributed by atoms with Crippen molar-refractivity contribution in [2.45, 2.75) is 381 Å². The maximum absolute atomic E-state index is 13.6. The van der Waals surface area contributed by atoms with Crippen molar-refractivity contribution in [2.24, 2.45) is 0 Å². The van der Waals surface area contributed by atoms with E-state index >= 15 is 0 Å². The Morgan fingerprint density at radius 2 is 0.438 bits per heavy atom. The minimum atomic E-state index is -1.47. The molecule has 13 aromatic rings. The van der Waals surface area contributed by atoms with Gasteiger partial charge in [-0.15, -0.1) is 90.7 Å². The molecule has 0 saturated heterocycles. The third kappa shape index (κ3) is 39.0. The Morgan fingerprint density at radius 3 is 0.658 bits per heavy atom. The number of unbranched alkanes of at least 4 members (excludes halogenated alkanes) is 45. The lowest BCUT2D eigenvalue weighted by Gasteiger charge is -2.30. The fourth-order valence-electron chi connectivity index (χ4n) is 19.0. The van der Waals surface area contributed by atoms with Crippen LogP contribution in [0.1, 0.15) is 424 Å². The molecule has 2 N–H and O–H groups in total. The molecule has 0 amide bonds. The summed E-state index contributed by atoms with van der Waals surface area (Å²) in [5, 5.41) is 35.3. The fourth-order valence-corrected chi connectivity index (χ4v) is 28.2. The summed E-state index contributed by atoms with van der Waals surface area (Å²) in [7, 11) is 0. The van der Waals surface area contributed by atoms with Crippen molar-refractivity contribution in [2.75, 3.05) is 46.2 Å². The van der Waals surface area contributed by atoms with Crippen molar-refractivity contribution >= 4 is 137 Å². The molecule has 20 heteroatoms.